The van der Waals surface area contributed by atoms with E-state index in [0.29, 0.717) is 0 Å². The average Bonchev–Trinajstić information content (AvgIpc) is 2.83. The number of hydrogen-bond acceptors (Lipinski definition) is 0. The topological polar surface area (TPSA) is 0 Å². The van der Waals surface area contributed by atoms with Crippen LogP contribution in [0.3, 0.4) is 0 Å². The summed E-state index contributed by atoms with van der Waals surface area (Å²) in [4.78, 5) is 3.25. The third-order valence-corrected chi connectivity index (χ3v) is 2.72. The summed E-state index contributed by atoms with van der Waals surface area (Å²) in [7, 11) is 0. The Bertz CT molecular complexity index is 316. The van der Waals surface area contributed by atoms with Crippen molar-refractivity contribution in [3.05, 3.63) is 46.6 Å². The van der Waals surface area contributed by atoms with Crippen molar-refractivity contribution in [2.45, 2.75) is 40.5 Å². The normalized spacial score (nSPS) is 15.2. The van der Waals surface area contributed by atoms with Gasteiger partial charge in [-0.05, 0) is 0 Å². The van der Waals surface area contributed by atoms with Gasteiger partial charge < -0.3 is 0 Å². The Morgan fingerprint density at radius 2 is 1.11 bits per heavy atom. The molecule has 0 unspecified atom stereocenters. The molecule has 0 saturated carbocycles. The van der Waals surface area contributed by atoms with Gasteiger partial charge in [-0.2, -0.15) is 11.1 Å². The van der Waals surface area contributed by atoms with Crippen molar-refractivity contribution in [2.75, 3.05) is 0 Å². The van der Waals surface area contributed by atoms with E-state index in [9.17, 15) is 0 Å². The zero-order valence-electron chi connectivity index (χ0n) is 11.6. The zero-order chi connectivity index (χ0) is 12.6. The van der Waals surface area contributed by atoms with Crippen molar-refractivity contribution in [3.63, 3.8) is 0 Å². The van der Waals surface area contributed by atoms with E-state index in [1.54, 1.807) is 20.0 Å². The van der Waals surface area contributed by atoms with E-state index in [1.165, 1.54) is 22.3 Å². The number of allylic oxidation sites excluding steroid dienone is 8. The molecule has 0 aromatic rings. The first-order valence-corrected chi connectivity index (χ1v) is 6.53. The van der Waals surface area contributed by atoms with Gasteiger partial charge in [-0.15, -0.1) is 51.5 Å². The summed E-state index contributed by atoms with van der Waals surface area (Å²) < 4.78 is 0. The minimum atomic E-state index is 0. The summed E-state index contributed by atoms with van der Waals surface area (Å²) in [5.41, 5.74) is 5.69. The molecule has 0 atom stereocenters. The summed E-state index contributed by atoms with van der Waals surface area (Å²) in [6, 6.07) is 0. The maximum absolute atomic E-state index is 3.25. The molecule has 0 radical (unpaired) electrons. The number of rotatable bonds is 0. The predicted molar refractivity (Wildman–Crippen MR) is 83.2 cm³/mol. The Hall–Kier alpha value is 0.124. The quantitative estimate of drug-likeness (QED) is 0.436. The van der Waals surface area contributed by atoms with Crippen molar-refractivity contribution in [3.8, 4) is 0 Å². The van der Waals surface area contributed by atoms with Crippen LogP contribution in [0.5, 0.6) is 0 Å². The molecule has 2 rings (SSSR count). The predicted octanol–water partition coefficient (Wildman–Crippen LogP) is 4.98. The first-order valence-electron chi connectivity index (χ1n) is 5.42. The van der Waals surface area contributed by atoms with Crippen LogP contribution in [-0.2, 0) is 20.0 Å². The van der Waals surface area contributed by atoms with Crippen LogP contribution >= 0.6 is 24.8 Å². The van der Waals surface area contributed by atoms with Gasteiger partial charge in [-0.25, -0.2) is 23.3 Å². The van der Waals surface area contributed by atoms with Gasteiger partial charge >= 0.3 is 24.8 Å². The molecule has 3 heteroatoms. The summed E-state index contributed by atoms with van der Waals surface area (Å²) >= 11 is 1.75. The number of halogens is 2. The summed E-state index contributed by atoms with van der Waals surface area (Å²) in [5, 5.41) is 0. The minimum absolute atomic E-state index is 0. The second-order valence-corrected chi connectivity index (χ2v) is 3.98. The van der Waals surface area contributed by atoms with E-state index < -0.39 is 0 Å². The third kappa shape index (κ3) is 9.11. The van der Waals surface area contributed by atoms with Gasteiger partial charge in [0.2, 0.25) is 0 Å². The van der Waals surface area contributed by atoms with Crippen molar-refractivity contribution in [1.82, 2.24) is 0 Å². The molecule has 100 valence electrons. The fourth-order valence-electron chi connectivity index (χ4n) is 1.24. The molecule has 0 aliphatic heterocycles. The van der Waals surface area contributed by atoms with Crippen molar-refractivity contribution < 1.29 is 20.0 Å². The molecule has 0 N–H and O–H groups in total. The van der Waals surface area contributed by atoms with Gasteiger partial charge in [0.25, 0.3) is 0 Å². The fourth-order valence-corrected chi connectivity index (χ4v) is 1.24. The van der Waals surface area contributed by atoms with Gasteiger partial charge in [0.1, 0.15) is 0 Å². The van der Waals surface area contributed by atoms with Gasteiger partial charge in [0.05, 0.1) is 0 Å². The standard InChI is InChI=1S/2C7H9.CH2.2ClH.Ti/c2*1-6-4-3-5-7(6)2;;;;/h2*4H,5H2,1-2H3;1H2;2*1H;/q2*-1;;;;+2. The molecule has 18 heavy (non-hydrogen) atoms. The van der Waals surface area contributed by atoms with Crippen LogP contribution < -0.4 is 0 Å². The van der Waals surface area contributed by atoms with E-state index in [4.69, 9.17) is 0 Å². The molecule has 0 heterocycles. The van der Waals surface area contributed by atoms with Gasteiger partial charge in [0.15, 0.2) is 0 Å². The third-order valence-electron chi connectivity index (χ3n) is 2.72. The molecular formula is C15H22Cl2Ti. The molecular weight excluding hydrogens is 299 g/mol. The molecule has 0 bridgehead atoms. The Morgan fingerprint density at radius 3 is 1.17 bits per heavy atom. The molecule has 2 aliphatic rings. The van der Waals surface area contributed by atoms with Crippen molar-refractivity contribution in [1.29, 1.82) is 0 Å². The summed E-state index contributed by atoms with van der Waals surface area (Å²) in [6.07, 6.45) is 12.4. The van der Waals surface area contributed by atoms with E-state index in [0.717, 1.165) is 12.8 Å². The second-order valence-electron chi connectivity index (χ2n) is 3.98. The van der Waals surface area contributed by atoms with Crippen molar-refractivity contribution >= 4 is 29.6 Å². The van der Waals surface area contributed by atoms with E-state index >= 15 is 0 Å². The summed E-state index contributed by atoms with van der Waals surface area (Å²) in [5.74, 6) is 0. The van der Waals surface area contributed by atoms with Crippen LogP contribution in [0, 0.1) is 12.2 Å². The SMILES string of the molecule is CC1=C(C)C[C-]=C1.CC1=C(C)C[C-]=C1.Cl.Cl.[CH2]=[Ti+2]. The van der Waals surface area contributed by atoms with Gasteiger partial charge in [-0.3, -0.25) is 12.2 Å². The average molecular weight is 321 g/mol. The molecule has 0 aromatic heterocycles. The molecule has 2 aliphatic carbocycles. The Labute approximate surface area is 136 Å². The summed E-state index contributed by atoms with van der Waals surface area (Å²) in [6.45, 7) is 8.53. The van der Waals surface area contributed by atoms with Gasteiger partial charge in [-0.1, -0.05) is 13.8 Å². The molecule has 0 amide bonds. The zero-order valence-corrected chi connectivity index (χ0v) is 14.8. The monoisotopic (exact) mass is 320 g/mol. The first-order chi connectivity index (χ1) is 7.61. The van der Waals surface area contributed by atoms with E-state index in [2.05, 4.69) is 56.8 Å². The Morgan fingerprint density at radius 1 is 0.833 bits per heavy atom. The van der Waals surface area contributed by atoms with Crippen molar-refractivity contribution in [2.24, 2.45) is 0 Å². The van der Waals surface area contributed by atoms with Crippen LogP contribution in [0.1, 0.15) is 40.5 Å². The van der Waals surface area contributed by atoms with E-state index in [-0.39, 0.29) is 24.8 Å². The Kier molecular flexibility index (Phi) is 17.5. The molecule has 0 aromatic carbocycles. The molecule has 0 nitrogen and oxygen atoms in total. The van der Waals surface area contributed by atoms with Crippen LogP contribution in [0.2, 0.25) is 0 Å². The van der Waals surface area contributed by atoms with Crippen LogP contribution in [0.15, 0.2) is 34.4 Å². The van der Waals surface area contributed by atoms with E-state index in [1.807, 2.05) is 0 Å². The van der Waals surface area contributed by atoms with Crippen LogP contribution in [-0.4, -0.2) is 4.82 Å². The Balaban J connectivity index is -0.000000200. The maximum atomic E-state index is 3.25. The van der Waals surface area contributed by atoms with Crippen LogP contribution in [0.4, 0.5) is 0 Å². The first kappa shape index (κ1) is 23.2. The molecule has 0 fully saturated rings. The molecule has 0 spiro atoms. The fraction of sp³-hybridized carbons (Fsp3) is 0.400. The molecule has 0 saturated heterocycles. The van der Waals surface area contributed by atoms with Gasteiger partial charge in [0, 0.05) is 0 Å². The number of hydrogen-bond donors (Lipinski definition) is 0. The van der Waals surface area contributed by atoms with Crippen LogP contribution in [0.25, 0.3) is 0 Å². The second kappa shape index (κ2) is 13.6.